The molecule has 1 fully saturated rings. The van der Waals surface area contributed by atoms with E-state index in [-0.39, 0.29) is 15.8 Å². The second-order valence-electron chi connectivity index (χ2n) is 4.86. The Balaban J connectivity index is 1.69. The number of aromatic amines is 1. The van der Waals surface area contributed by atoms with Crippen LogP contribution in [-0.2, 0) is 0 Å². The Morgan fingerprint density at radius 1 is 1.48 bits per heavy atom. The fraction of sp³-hybridized carbons (Fsp3) is 0.286. The molecule has 0 saturated carbocycles. The number of nitrogens with zero attached hydrogens (tertiary/aromatic N) is 1. The number of methoxy groups -OCH3 is 1. The molecule has 21 heavy (non-hydrogen) atoms. The van der Waals surface area contributed by atoms with Crippen molar-refractivity contribution in [2.24, 2.45) is 0 Å². The Kier molecular flexibility index (Phi) is 3.73. The van der Waals surface area contributed by atoms with Crippen molar-refractivity contribution >= 4 is 29.0 Å². The van der Waals surface area contributed by atoms with Gasteiger partial charge < -0.3 is 9.64 Å². The summed E-state index contributed by atoms with van der Waals surface area (Å²) in [4.78, 5) is 25.5. The summed E-state index contributed by atoms with van der Waals surface area (Å²) in [5.74, 6) is 0.908. The molecule has 0 atom stereocenters. The summed E-state index contributed by atoms with van der Waals surface area (Å²) in [5.41, 5.74) is 0.738. The first-order chi connectivity index (χ1) is 10.1. The standard InChI is InChI=1S/C14H13ClN2O3S/c1-20-10-4-2-3-8(5-10)9-6-17(7-9)14(19)12-11(15)13(18)16-21-12/h2-5,9H,6-7H2,1H3,(H,16,18). The molecule has 1 N–H and O–H groups in total. The Morgan fingerprint density at radius 2 is 2.24 bits per heavy atom. The molecule has 0 bridgehead atoms. The number of aromatic nitrogens is 1. The number of nitrogens with one attached hydrogen (secondary N) is 1. The zero-order chi connectivity index (χ0) is 15.0. The number of hydrogen-bond acceptors (Lipinski definition) is 4. The molecule has 1 aliphatic rings. The lowest BCUT2D eigenvalue weighted by Gasteiger charge is -2.39. The van der Waals surface area contributed by atoms with Crippen LogP contribution in [0.1, 0.15) is 21.2 Å². The third-order valence-corrected chi connectivity index (χ3v) is 4.92. The monoisotopic (exact) mass is 324 g/mol. The molecule has 2 heterocycles. The summed E-state index contributed by atoms with van der Waals surface area (Å²) in [6.45, 7) is 1.24. The van der Waals surface area contributed by atoms with E-state index in [1.54, 1.807) is 12.0 Å². The Hall–Kier alpha value is -1.79. The van der Waals surface area contributed by atoms with Gasteiger partial charge in [0.05, 0.1) is 7.11 Å². The fourth-order valence-corrected chi connectivity index (χ4v) is 3.32. The van der Waals surface area contributed by atoms with E-state index in [2.05, 4.69) is 4.37 Å². The van der Waals surface area contributed by atoms with E-state index in [0.717, 1.165) is 22.8 Å². The van der Waals surface area contributed by atoms with E-state index < -0.39 is 5.56 Å². The van der Waals surface area contributed by atoms with Gasteiger partial charge in [-0.25, -0.2) is 0 Å². The SMILES string of the molecule is COc1cccc(C2CN(C(=O)c3s[nH]c(=O)c3Cl)C2)c1. The van der Waals surface area contributed by atoms with Gasteiger partial charge in [0.25, 0.3) is 11.5 Å². The number of hydrogen-bond donors (Lipinski definition) is 1. The number of carbonyl (C=O) groups excluding carboxylic acids is 1. The van der Waals surface area contributed by atoms with Crippen LogP contribution in [0.2, 0.25) is 5.02 Å². The predicted octanol–water partition coefficient (Wildman–Crippen LogP) is 2.34. The maximum atomic E-state index is 12.2. The normalized spacial score (nSPS) is 14.9. The summed E-state index contributed by atoms with van der Waals surface area (Å²) in [6, 6.07) is 7.83. The van der Waals surface area contributed by atoms with Crippen LogP contribution in [0.4, 0.5) is 0 Å². The average Bonchev–Trinajstić information content (AvgIpc) is 2.77. The van der Waals surface area contributed by atoms with E-state index in [1.807, 2.05) is 24.3 Å². The first kappa shape index (κ1) is 14.2. The summed E-state index contributed by atoms with van der Waals surface area (Å²) >= 11 is 6.81. The quantitative estimate of drug-likeness (QED) is 0.942. The van der Waals surface area contributed by atoms with Crippen LogP contribution >= 0.6 is 23.1 Å². The molecular formula is C14H13ClN2O3S. The van der Waals surface area contributed by atoms with E-state index in [1.165, 1.54) is 0 Å². The number of likely N-dealkylation sites (tertiary alicyclic amines) is 1. The number of halogens is 1. The molecule has 1 aromatic carbocycles. The number of ether oxygens (including phenoxy) is 1. The Bertz CT molecular complexity index is 734. The summed E-state index contributed by atoms with van der Waals surface area (Å²) in [6.07, 6.45) is 0. The van der Waals surface area contributed by atoms with Crippen LogP contribution in [0.3, 0.4) is 0 Å². The number of rotatable bonds is 3. The smallest absolute Gasteiger partial charge is 0.277 e. The minimum Gasteiger partial charge on any atom is -0.497 e. The molecule has 0 unspecified atom stereocenters. The zero-order valence-electron chi connectivity index (χ0n) is 11.3. The van der Waals surface area contributed by atoms with E-state index in [9.17, 15) is 9.59 Å². The lowest BCUT2D eigenvalue weighted by atomic mass is 9.91. The lowest BCUT2D eigenvalue weighted by molar-refractivity contribution is 0.0607. The van der Waals surface area contributed by atoms with E-state index >= 15 is 0 Å². The summed E-state index contributed by atoms with van der Waals surface area (Å²) in [7, 11) is 1.63. The van der Waals surface area contributed by atoms with Gasteiger partial charge in [-0.1, -0.05) is 35.3 Å². The van der Waals surface area contributed by atoms with Crippen molar-refractivity contribution in [2.75, 3.05) is 20.2 Å². The van der Waals surface area contributed by atoms with Gasteiger partial charge in [0.1, 0.15) is 15.6 Å². The van der Waals surface area contributed by atoms with E-state index in [4.69, 9.17) is 16.3 Å². The molecule has 1 aromatic heterocycles. The maximum absolute atomic E-state index is 12.2. The lowest BCUT2D eigenvalue weighted by Crippen LogP contribution is -2.48. The van der Waals surface area contributed by atoms with Gasteiger partial charge in [-0.2, -0.15) is 0 Å². The first-order valence-electron chi connectivity index (χ1n) is 6.40. The van der Waals surface area contributed by atoms with Crippen molar-refractivity contribution in [2.45, 2.75) is 5.92 Å². The molecule has 3 rings (SSSR count). The highest BCUT2D eigenvalue weighted by Crippen LogP contribution is 2.31. The Morgan fingerprint density at radius 3 is 2.86 bits per heavy atom. The average molecular weight is 325 g/mol. The second-order valence-corrected chi connectivity index (χ2v) is 6.05. The van der Waals surface area contributed by atoms with E-state index in [0.29, 0.717) is 19.0 Å². The van der Waals surface area contributed by atoms with Crippen molar-refractivity contribution in [3.63, 3.8) is 0 Å². The van der Waals surface area contributed by atoms with Crippen molar-refractivity contribution in [1.29, 1.82) is 0 Å². The van der Waals surface area contributed by atoms with Gasteiger partial charge in [0.15, 0.2) is 0 Å². The van der Waals surface area contributed by atoms with Crippen molar-refractivity contribution in [3.05, 3.63) is 50.1 Å². The van der Waals surface area contributed by atoms with Crippen LogP contribution in [0.15, 0.2) is 29.1 Å². The predicted molar refractivity (Wildman–Crippen MR) is 81.6 cm³/mol. The summed E-state index contributed by atoms with van der Waals surface area (Å²) < 4.78 is 7.67. The number of amides is 1. The first-order valence-corrected chi connectivity index (χ1v) is 7.59. The van der Waals surface area contributed by atoms with Crippen molar-refractivity contribution in [1.82, 2.24) is 9.27 Å². The van der Waals surface area contributed by atoms with Gasteiger partial charge in [-0.3, -0.25) is 14.0 Å². The van der Waals surface area contributed by atoms with Crippen LogP contribution in [0.5, 0.6) is 5.75 Å². The van der Waals surface area contributed by atoms with Gasteiger partial charge >= 0.3 is 0 Å². The van der Waals surface area contributed by atoms with Crippen LogP contribution in [0, 0.1) is 0 Å². The number of H-pyrrole nitrogens is 1. The number of carbonyl (C=O) groups is 1. The molecule has 1 saturated heterocycles. The molecule has 0 radical (unpaired) electrons. The highest BCUT2D eigenvalue weighted by Gasteiger charge is 2.34. The van der Waals surface area contributed by atoms with Crippen molar-refractivity contribution < 1.29 is 9.53 Å². The van der Waals surface area contributed by atoms with Gasteiger partial charge in [0.2, 0.25) is 0 Å². The minimum atomic E-state index is -0.408. The third-order valence-electron chi connectivity index (χ3n) is 3.57. The molecule has 1 aliphatic heterocycles. The molecular weight excluding hydrogens is 312 g/mol. The van der Waals surface area contributed by atoms with Crippen LogP contribution in [0.25, 0.3) is 0 Å². The molecule has 2 aromatic rings. The largest absolute Gasteiger partial charge is 0.497 e. The minimum absolute atomic E-state index is 0.0187. The number of benzene rings is 1. The third kappa shape index (κ3) is 2.56. The highest BCUT2D eigenvalue weighted by molar-refractivity contribution is 7.08. The topological polar surface area (TPSA) is 62.4 Å². The Labute approximate surface area is 130 Å². The highest BCUT2D eigenvalue weighted by atomic mass is 35.5. The van der Waals surface area contributed by atoms with Crippen LogP contribution < -0.4 is 10.3 Å². The summed E-state index contributed by atoms with van der Waals surface area (Å²) in [5, 5.41) is -0.0187. The van der Waals surface area contributed by atoms with Crippen molar-refractivity contribution in [3.8, 4) is 5.75 Å². The van der Waals surface area contributed by atoms with Gasteiger partial charge in [-0.15, -0.1) is 0 Å². The maximum Gasteiger partial charge on any atom is 0.277 e. The molecule has 5 nitrogen and oxygen atoms in total. The molecule has 110 valence electrons. The van der Waals surface area contributed by atoms with Gasteiger partial charge in [0, 0.05) is 19.0 Å². The van der Waals surface area contributed by atoms with Gasteiger partial charge in [-0.05, 0) is 17.7 Å². The molecule has 0 aliphatic carbocycles. The zero-order valence-corrected chi connectivity index (χ0v) is 12.8. The van der Waals surface area contributed by atoms with Crippen LogP contribution in [-0.4, -0.2) is 35.4 Å². The molecule has 0 spiro atoms. The molecule has 1 amide bonds. The molecule has 7 heteroatoms. The second kappa shape index (κ2) is 5.54. The fourth-order valence-electron chi connectivity index (χ4n) is 2.32.